The molecule has 0 fully saturated rings. The Morgan fingerprint density at radius 3 is 2.30 bits per heavy atom. The summed E-state index contributed by atoms with van der Waals surface area (Å²) >= 11 is 0. The summed E-state index contributed by atoms with van der Waals surface area (Å²) in [5, 5.41) is 0. The second kappa shape index (κ2) is 11.9. The van der Waals surface area contributed by atoms with E-state index < -0.39 is 10.0 Å². The van der Waals surface area contributed by atoms with Gasteiger partial charge in [-0.25, -0.2) is 8.42 Å². The number of halogens is 1. The van der Waals surface area contributed by atoms with Crippen molar-refractivity contribution in [2.75, 3.05) is 40.0 Å². The molecule has 8 heteroatoms. The monoisotopic (exact) mass is 414 g/mol. The third-order valence-electron chi connectivity index (χ3n) is 3.88. The summed E-state index contributed by atoms with van der Waals surface area (Å²) in [6.45, 7) is 1.52. The first-order valence-electron chi connectivity index (χ1n) is 8.54. The molecular formula is C19H27ClN2O4S. The Kier molecular flexibility index (Phi) is 10.4. The first-order valence-corrected chi connectivity index (χ1v) is 9.98. The minimum atomic E-state index is -3.71. The molecule has 0 unspecified atom stereocenters. The first-order chi connectivity index (χ1) is 12.6. The van der Waals surface area contributed by atoms with E-state index in [0.29, 0.717) is 25.3 Å². The zero-order valence-corrected chi connectivity index (χ0v) is 17.0. The lowest BCUT2D eigenvalue weighted by atomic mass is 10.1. The van der Waals surface area contributed by atoms with E-state index in [0.717, 1.165) is 5.56 Å². The van der Waals surface area contributed by atoms with E-state index in [4.69, 9.17) is 15.2 Å². The van der Waals surface area contributed by atoms with Gasteiger partial charge in [-0.3, -0.25) is 0 Å². The smallest absolute Gasteiger partial charge is 0.246 e. The maximum Gasteiger partial charge on any atom is 0.246 e. The standard InChI is InChI=1S/C19H26N2O4S.ClH/c1-24-15-16-25-18-9-5-6-10-19(18)26(22,23)21(14-12-20)13-11-17-7-3-2-4-8-17;/h2-10H,11-16,20H2,1H3;1H. The van der Waals surface area contributed by atoms with Crippen LogP contribution in [-0.2, 0) is 21.2 Å². The van der Waals surface area contributed by atoms with Crippen LogP contribution < -0.4 is 10.5 Å². The number of hydrogen-bond donors (Lipinski definition) is 1. The Morgan fingerprint density at radius 1 is 0.963 bits per heavy atom. The maximum atomic E-state index is 13.2. The molecule has 0 amide bonds. The molecule has 0 aliphatic rings. The summed E-state index contributed by atoms with van der Waals surface area (Å²) in [4.78, 5) is 0.151. The number of methoxy groups -OCH3 is 1. The number of nitrogens with zero attached hydrogens (tertiary/aromatic N) is 1. The molecule has 0 bridgehead atoms. The van der Waals surface area contributed by atoms with E-state index in [-0.39, 0.29) is 37.0 Å². The third kappa shape index (κ3) is 6.79. The Labute approximate surface area is 167 Å². The van der Waals surface area contributed by atoms with Gasteiger partial charge in [0, 0.05) is 26.7 Å². The Hall–Kier alpha value is -1.64. The number of ether oxygens (including phenoxy) is 2. The predicted octanol–water partition coefficient (Wildman–Crippen LogP) is 2.33. The van der Waals surface area contributed by atoms with Gasteiger partial charge in [-0.15, -0.1) is 12.4 Å². The van der Waals surface area contributed by atoms with E-state index in [2.05, 4.69) is 0 Å². The molecule has 6 nitrogen and oxygen atoms in total. The molecule has 150 valence electrons. The van der Waals surface area contributed by atoms with E-state index in [9.17, 15) is 8.42 Å². The van der Waals surface area contributed by atoms with Gasteiger partial charge in [0.2, 0.25) is 10.0 Å². The van der Waals surface area contributed by atoms with Crippen LogP contribution in [0, 0.1) is 0 Å². The second-order valence-corrected chi connectivity index (χ2v) is 7.62. The van der Waals surface area contributed by atoms with Crippen molar-refractivity contribution in [2.45, 2.75) is 11.3 Å². The number of rotatable bonds is 11. The number of benzene rings is 2. The normalized spacial score (nSPS) is 11.2. The van der Waals surface area contributed by atoms with E-state index in [1.165, 1.54) is 4.31 Å². The highest BCUT2D eigenvalue weighted by molar-refractivity contribution is 7.89. The van der Waals surface area contributed by atoms with Crippen molar-refractivity contribution in [3.63, 3.8) is 0 Å². The molecule has 0 atom stereocenters. The van der Waals surface area contributed by atoms with Gasteiger partial charge in [0.05, 0.1) is 6.61 Å². The highest BCUT2D eigenvalue weighted by Crippen LogP contribution is 2.26. The van der Waals surface area contributed by atoms with E-state index in [1.807, 2.05) is 30.3 Å². The summed E-state index contributed by atoms with van der Waals surface area (Å²) in [6.07, 6.45) is 0.618. The molecule has 2 N–H and O–H groups in total. The summed E-state index contributed by atoms with van der Waals surface area (Å²) in [5.41, 5.74) is 6.73. The minimum Gasteiger partial charge on any atom is -0.490 e. The van der Waals surface area contributed by atoms with Crippen molar-refractivity contribution in [1.82, 2.24) is 4.31 Å². The van der Waals surface area contributed by atoms with Crippen molar-refractivity contribution in [3.05, 3.63) is 60.2 Å². The Bertz CT molecular complexity index is 772. The largest absolute Gasteiger partial charge is 0.490 e. The topological polar surface area (TPSA) is 81.9 Å². The lowest BCUT2D eigenvalue weighted by Gasteiger charge is -2.23. The number of hydrogen-bond acceptors (Lipinski definition) is 5. The lowest BCUT2D eigenvalue weighted by Crippen LogP contribution is -2.37. The molecule has 0 heterocycles. The number of para-hydroxylation sites is 1. The average molecular weight is 415 g/mol. The SMILES string of the molecule is COCCOc1ccccc1S(=O)(=O)N(CCN)CCc1ccccc1.Cl. The van der Waals surface area contributed by atoms with Crippen LogP contribution in [0.3, 0.4) is 0 Å². The van der Waals surface area contributed by atoms with Gasteiger partial charge < -0.3 is 15.2 Å². The van der Waals surface area contributed by atoms with Crippen LogP contribution in [0.4, 0.5) is 0 Å². The van der Waals surface area contributed by atoms with Crippen LogP contribution in [-0.4, -0.2) is 52.7 Å². The molecule has 2 rings (SSSR count). The zero-order chi connectivity index (χ0) is 18.8. The van der Waals surface area contributed by atoms with Gasteiger partial charge >= 0.3 is 0 Å². The number of nitrogens with two attached hydrogens (primary N) is 1. The first kappa shape index (κ1) is 23.4. The van der Waals surface area contributed by atoms with Crippen molar-refractivity contribution >= 4 is 22.4 Å². The molecule has 2 aromatic rings. The maximum absolute atomic E-state index is 13.2. The van der Waals surface area contributed by atoms with E-state index >= 15 is 0 Å². The van der Waals surface area contributed by atoms with Crippen LogP contribution in [0.2, 0.25) is 0 Å². The van der Waals surface area contributed by atoms with Crippen LogP contribution in [0.5, 0.6) is 5.75 Å². The zero-order valence-electron chi connectivity index (χ0n) is 15.4. The van der Waals surface area contributed by atoms with E-state index in [1.54, 1.807) is 31.4 Å². The fraction of sp³-hybridized carbons (Fsp3) is 0.368. The highest BCUT2D eigenvalue weighted by Gasteiger charge is 2.27. The fourth-order valence-electron chi connectivity index (χ4n) is 2.55. The minimum absolute atomic E-state index is 0. The summed E-state index contributed by atoms with van der Waals surface area (Å²) in [5.74, 6) is 0.325. The van der Waals surface area contributed by atoms with Crippen molar-refractivity contribution < 1.29 is 17.9 Å². The van der Waals surface area contributed by atoms with Gasteiger partial charge in [-0.1, -0.05) is 42.5 Å². The predicted molar refractivity (Wildman–Crippen MR) is 109 cm³/mol. The lowest BCUT2D eigenvalue weighted by molar-refractivity contribution is 0.144. The molecule has 0 spiro atoms. The average Bonchev–Trinajstić information content (AvgIpc) is 2.66. The van der Waals surface area contributed by atoms with Gasteiger partial charge in [0.25, 0.3) is 0 Å². The van der Waals surface area contributed by atoms with Crippen molar-refractivity contribution in [1.29, 1.82) is 0 Å². The molecule has 0 saturated heterocycles. The Morgan fingerprint density at radius 2 is 1.63 bits per heavy atom. The second-order valence-electron chi connectivity index (χ2n) is 5.72. The third-order valence-corrected chi connectivity index (χ3v) is 5.82. The van der Waals surface area contributed by atoms with Gasteiger partial charge in [-0.2, -0.15) is 4.31 Å². The molecular weight excluding hydrogens is 388 g/mol. The molecule has 2 aromatic carbocycles. The van der Waals surface area contributed by atoms with Crippen LogP contribution >= 0.6 is 12.4 Å². The van der Waals surface area contributed by atoms with Crippen molar-refractivity contribution in [2.24, 2.45) is 5.73 Å². The molecule has 0 radical (unpaired) electrons. The molecule has 0 aliphatic carbocycles. The fourth-order valence-corrected chi connectivity index (χ4v) is 4.14. The van der Waals surface area contributed by atoms with Gasteiger partial charge in [0.1, 0.15) is 17.3 Å². The van der Waals surface area contributed by atoms with Crippen molar-refractivity contribution in [3.8, 4) is 5.75 Å². The summed E-state index contributed by atoms with van der Waals surface area (Å²) in [7, 11) is -2.15. The molecule has 0 aromatic heterocycles. The summed E-state index contributed by atoms with van der Waals surface area (Å²) in [6, 6.07) is 16.4. The van der Waals surface area contributed by atoms with Gasteiger partial charge in [0.15, 0.2) is 0 Å². The Balaban J connectivity index is 0.00000364. The quantitative estimate of drug-likeness (QED) is 0.570. The van der Waals surface area contributed by atoms with Gasteiger partial charge in [-0.05, 0) is 24.1 Å². The van der Waals surface area contributed by atoms with Crippen LogP contribution in [0.15, 0.2) is 59.5 Å². The summed E-state index contributed by atoms with van der Waals surface area (Å²) < 4.78 is 38.3. The molecule has 0 aliphatic heterocycles. The van der Waals surface area contributed by atoms with Crippen LogP contribution in [0.1, 0.15) is 5.56 Å². The van der Waals surface area contributed by atoms with Crippen LogP contribution in [0.25, 0.3) is 0 Å². The number of sulfonamides is 1. The molecule has 27 heavy (non-hydrogen) atoms. The molecule has 0 saturated carbocycles. The highest BCUT2D eigenvalue weighted by atomic mass is 35.5.